The number of hydrogen-bond acceptors (Lipinski definition) is 3. The minimum Gasteiger partial charge on any atom is -0.346 e. The lowest BCUT2D eigenvalue weighted by molar-refractivity contribution is -0.140. The maximum Gasteiger partial charge on any atom is 0.406 e. The van der Waals surface area contributed by atoms with E-state index in [-0.39, 0.29) is 0 Å². The number of alkyl halides is 3. The van der Waals surface area contributed by atoms with Crippen LogP contribution in [0, 0.1) is 0 Å². The normalized spacial score (nSPS) is 13.3. The summed E-state index contributed by atoms with van der Waals surface area (Å²) in [6, 6.07) is 0.815. The van der Waals surface area contributed by atoms with Crippen LogP contribution >= 0.6 is 10.7 Å². The second-order valence-corrected chi connectivity index (χ2v) is 8.01. The molecule has 0 atom stereocenters. The molecule has 0 fully saturated rings. The van der Waals surface area contributed by atoms with Gasteiger partial charge in [-0.3, -0.25) is 4.79 Å². The molecule has 0 unspecified atom stereocenters. The first-order chi connectivity index (χ1) is 9.19. The number of nitrogens with one attached hydrogen (secondary N) is 1. The Morgan fingerprint density at radius 2 is 1.86 bits per heavy atom. The van der Waals surface area contributed by atoms with Gasteiger partial charge in [0.1, 0.15) is 17.1 Å². The Kier molecular flexibility index (Phi) is 4.69. The minimum absolute atomic E-state index is 0.429. The zero-order valence-electron chi connectivity index (χ0n) is 11.5. The smallest absolute Gasteiger partial charge is 0.346 e. The van der Waals surface area contributed by atoms with E-state index in [2.05, 4.69) is 5.32 Å². The summed E-state index contributed by atoms with van der Waals surface area (Å²) < 4.78 is 60.4. The molecule has 0 aromatic carbocycles. The number of halogens is 4. The SMILES string of the molecule is CC(C)(C)NC(=O)c1cc(S(=O)(=O)Cl)cn1CC(F)(F)F. The third kappa shape index (κ3) is 5.58. The van der Waals surface area contributed by atoms with Gasteiger partial charge in [0.25, 0.3) is 15.0 Å². The van der Waals surface area contributed by atoms with Crippen LogP contribution in [-0.4, -0.2) is 30.6 Å². The third-order valence-corrected chi connectivity index (χ3v) is 3.54. The topological polar surface area (TPSA) is 68.2 Å². The average Bonchev–Trinajstić information content (AvgIpc) is 2.55. The Balaban J connectivity index is 3.28. The van der Waals surface area contributed by atoms with Crippen molar-refractivity contribution in [3.05, 3.63) is 18.0 Å². The molecule has 0 saturated heterocycles. The van der Waals surface area contributed by atoms with Gasteiger partial charge in [-0.15, -0.1) is 0 Å². The summed E-state index contributed by atoms with van der Waals surface area (Å²) in [5.41, 5.74) is -1.12. The molecule has 0 spiro atoms. The van der Waals surface area contributed by atoms with Crippen molar-refractivity contribution in [3.63, 3.8) is 0 Å². The molecule has 0 saturated carbocycles. The lowest BCUT2D eigenvalue weighted by Gasteiger charge is -2.21. The average molecular weight is 347 g/mol. The second-order valence-electron chi connectivity index (χ2n) is 5.45. The fraction of sp³-hybridized carbons (Fsp3) is 0.545. The van der Waals surface area contributed by atoms with Crippen LogP contribution < -0.4 is 5.32 Å². The highest BCUT2D eigenvalue weighted by atomic mass is 35.7. The van der Waals surface area contributed by atoms with Crippen LogP contribution in [0.1, 0.15) is 31.3 Å². The van der Waals surface area contributed by atoms with E-state index in [1.54, 1.807) is 20.8 Å². The predicted octanol–water partition coefficient (Wildman–Crippen LogP) is 2.51. The van der Waals surface area contributed by atoms with Gasteiger partial charge in [0, 0.05) is 22.4 Å². The van der Waals surface area contributed by atoms with E-state index in [0.29, 0.717) is 10.8 Å². The molecule has 5 nitrogen and oxygen atoms in total. The monoisotopic (exact) mass is 346 g/mol. The van der Waals surface area contributed by atoms with Gasteiger partial charge >= 0.3 is 6.18 Å². The molecular weight excluding hydrogens is 333 g/mol. The summed E-state index contributed by atoms with van der Waals surface area (Å²) in [7, 11) is 0.866. The largest absolute Gasteiger partial charge is 0.406 e. The number of aromatic nitrogens is 1. The van der Waals surface area contributed by atoms with Crippen LogP contribution in [0.2, 0.25) is 0 Å². The van der Waals surface area contributed by atoms with Crippen molar-refractivity contribution in [3.8, 4) is 0 Å². The van der Waals surface area contributed by atoms with Crippen LogP contribution in [-0.2, 0) is 15.6 Å². The quantitative estimate of drug-likeness (QED) is 0.855. The molecule has 0 aliphatic carbocycles. The van der Waals surface area contributed by atoms with Gasteiger partial charge < -0.3 is 9.88 Å². The number of carbonyl (C=O) groups excluding carboxylic acids is 1. The van der Waals surface area contributed by atoms with E-state index < -0.39 is 43.8 Å². The highest BCUT2D eigenvalue weighted by Gasteiger charge is 2.31. The molecule has 0 bridgehead atoms. The van der Waals surface area contributed by atoms with Crippen molar-refractivity contribution in [2.45, 2.75) is 43.9 Å². The fourth-order valence-electron chi connectivity index (χ4n) is 1.54. The van der Waals surface area contributed by atoms with Crippen LogP contribution in [0.25, 0.3) is 0 Å². The maximum atomic E-state index is 12.5. The molecule has 120 valence electrons. The molecule has 1 N–H and O–H groups in total. The number of hydrogen-bond donors (Lipinski definition) is 1. The third-order valence-electron chi connectivity index (χ3n) is 2.22. The Hall–Kier alpha value is -1.22. The Labute approximate surface area is 124 Å². The van der Waals surface area contributed by atoms with Crippen LogP contribution in [0.15, 0.2) is 17.2 Å². The summed E-state index contributed by atoms with van der Waals surface area (Å²) in [6.45, 7) is 3.43. The summed E-state index contributed by atoms with van der Waals surface area (Å²) in [5.74, 6) is -0.821. The van der Waals surface area contributed by atoms with E-state index in [0.717, 1.165) is 6.07 Å². The van der Waals surface area contributed by atoms with Crippen molar-refractivity contribution in [2.24, 2.45) is 0 Å². The highest BCUT2D eigenvalue weighted by Crippen LogP contribution is 2.24. The van der Waals surface area contributed by atoms with Gasteiger partial charge in [-0.05, 0) is 26.8 Å². The summed E-state index contributed by atoms with van der Waals surface area (Å²) in [4.78, 5) is 11.4. The van der Waals surface area contributed by atoms with Gasteiger partial charge in [-0.1, -0.05) is 0 Å². The number of nitrogens with zero attached hydrogens (tertiary/aromatic N) is 1. The van der Waals surface area contributed by atoms with Crippen molar-refractivity contribution in [2.75, 3.05) is 0 Å². The molecule has 0 aliphatic rings. The van der Waals surface area contributed by atoms with E-state index in [1.165, 1.54) is 0 Å². The molecule has 21 heavy (non-hydrogen) atoms. The Morgan fingerprint density at radius 1 is 1.33 bits per heavy atom. The Bertz CT molecular complexity index is 645. The fourth-order valence-corrected chi connectivity index (χ4v) is 2.29. The molecule has 1 amide bonds. The summed E-state index contributed by atoms with van der Waals surface area (Å²) >= 11 is 0. The highest BCUT2D eigenvalue weighted by molar-refractivity contribution is 8.13. The zero-order chi connectivity index (χ0) is 16.6. The minimum atomic E-state index is -4.61. The first-order valence-corrected chi connectivity index (χ1v) is 8.04. The first-order valence-electron chi connectivity index (χ1n) is 5.73. The standard InChI is InChI=1S/C11H14ClF3N2O3S/c1-10(2,3)16-9(18)8-4-7(21(12,19)20)5-17(8)6-11(13,14)15/h4-5H,6H2,1-3H3,(H,16,18). The number of rotatable bonds is 3. The van der Waals surface area contributed by atoms with Crippen LogP contribution in [0.5, 0.6) is 0 Å². The molecule has 0 aliphatic heterocycles. The van der Waals surface area contributed by atoms with E-state index >= 15 is 0 Å². The van der Waals surface area contributed by atoms with Gasteiger partial charge in [0.15, 0.2) is 0 Å². The van der Waals surface area contributed by atoms with E-state index in [4.69, 9.17) is 10.7 Å². The predicted molar refractivity (Wildman–Crippen MR) is 70.7 cm³/mol. The lowest BCUT2D eigenvalue weighted by atomic mass is 10.1. The second kappa shape index (κ2) is 5.53. The van der Waals surface area contributed by atoms with E-state index in [9.17, 15) is 26.4 Å². The molecule has 1 aromatic rings. The maximum absolute atomic E-state index is 12.5. The number of amides is 1. The lowest BCUT2D eigenvalue weighted by Crippen LogP contribution is -2.41. The summed E-state index contributed by atoms with van der Waals surface area (Å²) in [6.07, 6.45) is -3.92. The van der Waals surface area contributed by atoms with Crippen LogP contribution in [0.4, 0.5) is 13.2 Å². The van der Waals surface area contributed by atoms with E-state index in [1.807, 2.05) is 0 Å². The van der Waals surface area contributed by atoms with Crippen molar-refractivity contribution < 1.29 is 26.4 Å². The van der Waals surface area contributed by atoms with Crippen LogP contribution in [0.3, 0.4) is 0 Å². The number of carbonyl (C=O) groups is 1. The van der Waals surface area contributed by atoms with Crippen molar-refractivity contribution >= 4 is 25.6 Å². The van der Waals surface area contributed by atoms with Crippen molar-refractivity contribution in [1.29, 1.82) is 0 Å². The van der Waals surface area contributed by atoms with Gasteiger partial charge in [-0.2, -0.15) is 13.2 Å². The zero-order valence-corrected chi connectivity index (χ0v) is 13.0. The molecule has 1 aromatic heterocycles. The Morgan fingerprint density at radius 3 is 2.24 bits per heavy atom. The van der Waals surface area contributed by atoms with Gasteiger partial charge in [-0.25, -0.2) is 8.42 Å². The molecular formula is C11H14ClF3N2O3S. The molecule has 10 heteroatoms. The van der Waals surface area contributed by atoms with Gasteiger partial charge in [0.05, 0.1) is 0 Å². The molecule has 0 radical (unpaired) electrons. The first kappa shape index (κ1) is 17.8. The van der Waals surface area contributed by atoms with Crippen molar-refractivity contribution in [1.82, 2.24) is 9.88 Å². The van der Waals surface area contributed by atoms with Gasteiger partial charge in [0.2, 0.25) is 0 Å². The molecule has 1 heterocycles. The molecule has 1 rings (SSSR count). The summed E-state index contributed by atoms with van der Waals surface area (Å²) in [5, 5.41) is 2.46.